The van der Waals surface area contributed by atoms with Gasteiger partial charge in [0.2, 0.25) is 29.5 Å². The highest BCUT2D eigenvalue weighted by molar-refractivity contribution is 8.77. The minimum absolute atomic E-state index is 0.0331. The smallest absolute Gasteiger partial charge is 0.410 e. The predicted molar refractivity (Wildman–Crippen MR) is 466 cm³/mol. The van der Waals surface area contributed by atoms with Gasteiger partial charge < -0.3 is 73.1 Å². The molecule has 5 saturated heterocycles. The Bertz CT molecular complexity index is 3890. The average molecular weight is 1750 g/mol. The Hall–Kier alpha value is -7.73. The number of nitrogens with zero attached hydrogens (tertiary/aromatic N) is 11. The number of amides is 8. The van der Waals surface area contributed by atoms with E-state index in [4.69, 9.17) is 35.9 Å². The first kappa shape index (κ1) is 99.1. The zero-order valence-electron chi connectivity index (χ0n) is 71.1. The Labute approximate surface area is 721 Å². The molecule has 5 fully saturated rings. The molecule has 5 aliphatic rings. The van der Waals surface area contributed by atoms with Crippen molar-refractivity contribution in [1.82, 2.24) is 54.2 Å². The summed E-state index contributed by atoms with van der Waals surface area (Å²) in [5.41, 5.74) is -0.922. The van der Waals surface area contributed by atoms with Gasteiger partial charge >= 0.3 is 30.2 Å². The van der Waals surface area contributed by atoms with Crippen LogP contribution in [0.4, 0.5) is 14.4 Å². The van der Waals surface area contributed by atoms with Gasteiger partial charge in [-0.05, 0) is 197 Å². The molecule has 0 bridgehead atoms. The molecule has 0 saturated carbocycles. The third kappa shape index (κ3) is 32.0. The van der Waals surface area contributed by atoms with Crippen molar-refractivity contribution in [2.24, 2.45) is 35.5 Å². The number of carboxylic acid groups (broad SMARTS) is 2. The average Bonchev–Trinajstić information content (AvgIpc) is 0.799. The molecule has 9 rings (SSSR count). The summed E-state index contributed by atoms with van der Waals surface area (Å²) in [5, 5.41) is 22.6. The lowest BCUT2D eigenvalue weighted by atomic mass is 9.83. The van der Waals surface area contributed by atoms with Gasteiger partial charge in [-0.3, -0.25) is 33.6 Å². The predicted octanol–water partition coefficient (Wildman–Crippen LogP) is 13.3. The summed E-state index contributed by atoms with van der Waals surface area (Å²) >= 11 is 7.03. The van der Waals surface area contributed by atoms with Gasteiger partial charge in [-0.15, -0.1) is 11.8 Å². The molecule has 34 heteroatoms. The molecule has 8 amide bonds. The van der Waals surface area contributed by atoms with Crippen LogP contribution in [-0.2, 0) is 57.2 Å². The molecule has 0 radical (unpaired) electrons. The Morgan fingerprint density at radius 1 is 0.466 bits per heavy atom. The van der Waals surface area contributed by atoms with E-state index in [9.17, 15) is 58.2 Å². The molecule has 650 valence electrons. The largest absolute Gasteiger partial charge is 0.481 e. The van der Waals surface area contributed by atoms with Crippen molar-refractivity contribution in [3.8, 4) is 0 Å². The van der Waals surface area contributed by atoms with E-state index in [2.05, 4.69) is 21.5 Å². The van der Waals surface area contributed by atoms with Gasteiger partial charge in [0.1, 0.15) is 31.9 Å². The third-order valence-corrected chi connectivity index (χ3v) is 26.1. The van der Waals surface area contributed by atoms with Crippen molar-refractivity contribution in [1.29, 1.82) is 0 Å². The van der Waals surface area contributed by atoms with Crippen molar-refractivity contribution < 1.29 is 81.8 Å². The number of aliphatic carboxylic acids is 2. The number of thioether (sulfide) groups is 1. The summed E-state index contributed by atoms with van der Waals surface area (Å²) in [6.45, 7) is 39.7. The number of ether oxygens (including phenoxy) is 5. The van der Waals surface area contributed by atoms with E-state index in [1.807, 2.05) is 189 Å². The quantitative estimate of drug-likeness (QED) is 0.0301. The third-order valence-electron chi connectivity index (χ3n) is 19.9. The van der Waals surface area contributed by atoms with Crippen LogP contribution in [0.2, 0.25) is 0 Å². The molecule has 12 atom stereocenters. The Kier molecular flexibility index (Phi) is 39.9. The summed E-state index contributed by atoms with van der Waals surface area (Å²) in [7, 11) is 6.13. The van der Waals surface area contributed by atoms with Crippen LogP contribution in [-0.4, -0.2) is 285 Å². The molecule has 4 aromatic rings. The molecule has 1 aromatic carbocycles. The van der Waals surface area contributed by atoms with Crippen LogP contribution in [0, 0.1) is 35.5 Å². The summed E-state index contributed by atoms with van der Waals surface area (Å²) < 4.78 is 28.0. The first-order valence-electron chi connectivity index (χ1n) is 39.9. The number of aromatic nitrogens is 3. The van der Waals surface area contributed by atoms with Crippen LogP contribution in [0.15, 0.2) is 131 Å². The van der Waals surface area contributed by atoms with Gasteiger partial charge in [0, 0.05) is 144 Å². The summed E-state index contributed by atoms with van der Waals surface area (Å²) in [4.78, 5) is 156. The maximum absolute atomic E-state index is 14.3. The zero-order valence-corrected chi connectivity index (χ0v) is 76.0. The second kappa shape index (κ2) is 47.5. The Balaban J connectivity index is 0.000000266. The normalized spacial score (nSPS) is 20.7. The maximum Gasteiger partial charge on any atom is 0.410 e. The number of morpholine rings is 2. The van der Waals surface area contributed by atoms with Crippen molar-refractivity contribution in [3.63, 3.8) is 0 Å². The molecule has 12 unspecified atom stereocenters. The van der Waals surface area contributed by atoms with Crippen LogP contribution < -0.4 is 0 Å². The highest BCUT2D eigenvalue weighted by Gasteiger charge is 2.45. The summed E-state index contributed by atoms with van der Waals surface area (Å²) in [5.74, 6) is -7.47. The lowest BCUT2D eigenvalue weighted by Crippen LogP contribution is -2.61. The highest BCUT2D eigenvalue weighted by Crippen LogP contribution is 2.38. The minimum atomic E-state index is -1.08. The van der Waals surface area contributed by atoms with Gasteiger partial charge in [-0.2, -0.15) is 0 Å². The number of hydrogen-bond donors (Lipinski definition) is 2. The van der Waals surface area contributed by atoms with Gasteiger partial charge in [0.25, 0.3) is 0 Å². The molecule has 28 nitrogen and oxygen atoms in total. The second-order valence-corrected chi connectivity index (χ2v) is 39.1. The van der Waals surface area contributed by atoms with Crippen LogP contribution >= 0.6 is 67.2 Å². The minimum Gasteiger partial charge on any atom is -0.481 e. The molecule has 118 heavy (non-hydrogen) atoms. The van der Waals surface area contributed by atoms with Crippen molar-refractivity contribution in [2.75, 3.05) is 103 Å². The summed E-state index contributed by atoms with van der Waals surface area (Å²) in [6, 6.07) is 25.6. The number of benzene rings is 1. The number of carboxylic acids is 2. The second-order valence-electron chi connectivity index (χ2n) is 32.9. The zero-order chi connectivity index (χ0) is 87.4. The Morgan fingerprint density at radius 3 is 1.11 bits per heavy atom. The first-order valence-corrected chi connectivity index (χ1v) is 45.7. The number of hydrogen-bond acceptors (Lipinski definition) is 24. The van der Waals surface area contributed by atoms with Crippen molar-refractivity contribution in [2.45, 2.75) is 199 Å². The lowest BCUT2D eigenvalue weighted by molar-refractivity contribution is -0.153. The fourth-order valence-corrected chi connectivity index (χ4v) is 18.7. The topological polar surface area (TPSA) is 322 Å². The maximum atomic E-state index is 14.3. The van der Waals surface area contributed by atoms with E-state index in [0.717, 1.165) is 20.6 Å². The van der Waals surface area contributed by atoms with Crippen LogP contribution in [0.5, 0.6) is 0 Å². The highest BCUT2D eigenvalue weighted by atomic mass is 33.1. The number of thiocarbonyl (C=S) groups is 1. The van der Waals surface area contributed by atoms with E-state index >= 15 is 0 Å². The number of carbonyl (C=O) groups excluding carboxylic acids is 8. The van der Waals surface area contributed by atoms with E-state index in [0.29, 0.717) is 108 Å². The molecule has 2 N–H and O–H groups in total. The fraction of sp³-hybridized carbons (Fsp3) is 0.595. The molecule has 0 spiro atoms. The molecular formula is C84H121N11O17S6. The Morgan fingerprint density at radius 2 is 0.780 bits per heavy atom. The van der Waals surface area contributed by atoms with Gasteiger partial charge in [0.15, 0.2) is 0 Å². The van der Waals surface area contributed by atoms with Gasteiger partial charge in [-0.25, -0.2) is 29.3 Å². The molecule has 5 aliphatic heterocycles. The number of carbonyl (C=O) groups is 10. The van der Waals surface area contributed by atoms with E-state index < -0.39 is 76.4 Å². The standard InChI is InChI=1S/C31H45N3O7S2.C29H44N4O7S2.C14H24N2O3.C10H8N2S2/c1-20-18-34(30(39)41-31(4,5)6)21(2)17-33(20)26(35)24(19-43-29(42)23-10-8-7-9-11-23)16-25(22(3)28(37)38)27(36)32-12-14-40-15-13-32;1-19-17-33(28(38)40-29(4,5)6)20(2)16-32(19)25(34)22(18-41-42-24-9-7-8-10-30-24)15-23(21(3)27(36)37)26(35)31-11-13-39-14-12-31;1-7-12(17)15-8-11(3)16(9-10(15)2)13(18)19-14(4,5)6;1-3-7-11-9(5-1)13-14-10-6-2-4-8-12-10/h7-11,20-22,24-25H,12-19H2,1-6H3,(H,37,38);7-10,19-23H,11-18H2,1-6H3,(H,36,37);7,10-11H,1,8-9H2,2-6H3;1-8H. The van der Waals surface area contributed by atoms with E-state index in [1.54, 1.807) is 79.4 Å². The fourth-order valence-electron chi connectivity index (χ4n) is 13.4. The monoisotopic (exact) mass is 1750 g/mol. The van der Waals surface area contributed by atoms with E-state index in [1.165, 1.54) is 53.3 Å². The van der Waals surface area contributed by atoms with Crippen molar-refractivity contribution in [3.05, 3.63) is 122 Å². The van der Waals surface area contributed by atoms with Gasteiger partial charge in [-0.1, -0.05) is 92.0 Å². The number of pyridine rings is 3. The molecular weight excluding hydrogens is 1630 g/mol. The van der Waals surface area contributed by atoms with E-state index in [-0.39, 0.29) is 84.7 Å². The molecule has 0 aliphatic carbocycles. The SMILES string of the molecule is C=CC(=O)N1CC(C)N(C(=O)OC(C)(C)C)CC1C.CC(C(=O)O)C(CC(CSC(=S)c1ccccc1)C(=O)N1CC(C)N(C(=O)OC(C)(C)C)CC1C)C(=O)N1CCOCC1.CC(C(=O)O)C(CC(CSSc1ccccn1)C(=O)N1CC(C)N(C(=O)OC(C)(C)C)CC1C)C(=O)N1CCOCC1.c1ccc(SSc2ccccn2)nc1. The number of piperazine rings is 3. The first-order chi connectivity index (χ1) is 55.6. The van der Waals surface area contributed by atoms with Crippen LogP contribution in [0.1, 0.15) is 136 Å². The lowest BCUT2D eigenvalue weighted by Gasteiger charge is -2.45. The number of rotatable bonds is 23. The van der Waals surface area contributed by atoms with Crippen molar-refractivity contribution >= 4 is 131 Å². The van der Waals surface area contributed by atoms with Gasteiger partial charge in [0.05, 0.1) is 54.3 Å². The molecule has 3 aromatic heterocycles. The molecule has 8 heterocycles. The summed E-state index contributed by atoms with van der Waals surface area (Å²) in [6.07, 6.45) is 5.60. The van der Waals surface area contributed by atoms with Crippen LogP contribution in [0.3, 0.4) is 0 Å². The van der Waals surface area contributed by atoms with Crippen LogP contribution in [0.25, 0.3) is 0 Å².